The molecule has 0 radical (unpaired) electrons. The Morgan fingerprint density at radius 3 is 2.60 bits per heavy atom. The molecule has 0 saturated heterocycles. The fourth-order valence-corrected chi connectivity index (χ4v) is 2.93. The molecule has 1 amide bonds. The first-order valence-electron chi connectivity index (χ1n) is 6.34. The number of amides is 1. The Morgan fingerprint density at radius 2 is 1.85 bits per heavy atom. The van der Waals surface area contributed by atoms with E-state index in [1.807, 2.05) is 42.6 Å². The van der Waals surface area contributed by atoms with E-state index >= 15 is 0 Å². The average Bonchev–Trinajstić information content (AvgIpc) is 2.54. The van der Waals surface area contributed by atoms with Crippen molar-refractivity contribution in [3.05, 3.63) is 71.4 Å². The van der Waals surface area contributed by atoms with Crippen LogP contribution < -0.4 is 10.0 Å². The third-order valence-electron chi connectivity index (χ3n) is 3.23. The molecule has 0 aliphatic carbocycles. The van der Waals surface area contributed by atoms with Crippen molar-refractivity contribution in [2.45, 2.75) is 4.90 Å². The van der Waals surface area contributed by atoms with Gasteiger partial charge in [-0.05, 0) is 41.3 Å². The van der Waals surface area contributed by atoms with E-state index in [1.165, 1.54) is 10.5 Å². The van der Waals surface area contributed by atoms with Crippen LogP contribution in [0.25, 0.3) is 5.57 Å². The van der Waals surface area contributed by atoms with Crippen molar-refractivity contribution in [2.24, 2.45) is 0 Å². The van der Waals surface area contributed by atoms with Gasteiger partial charge in [-0.3, -0.25) is 4.79 Å². The third kappa shape index (κ3) is 2.30. The van der Waals surface area contributed by atoms with Crippen molar-refractivity contribution in [2.75, 3.05) is 7.05 Å². The van der Waals surface area contributed by atoms with Gasteiger partial charge >= 0.3 is 0 Å². The van der Waals surface area contributed by atoms with E-state index in [2.05, 4.69) is 22.2 Å². The Morgan fingerprint density at radius 1 is 1.10 bits per heavy atom. The number of hydrogen-bond donors (Lipinski definition) is 2. The standard InChI is InChI=1S/C16H14N2OS/c1-17-16(19)12-8-6-11(7-9-12)14-10-18-20-15-5-3-2-4-13(14)15/h2-10,18H,1H3,(H,17,19). The summed E-state index contributed by atoms with van der Waals surface area (Å²) in [4.78, 5) is 12.8. The minimum absolute atomic E-state index is 0.0664. The van der Waals surface area contributed by atoms with Gasteiger partial charge in [0.05, 0.1) is 0 Å². The molecule has 0 bridgehead atoms. The molecule has 1 heterocycles. The summed E-state index contributed by atoms with van der Waals surface area (Å²) in [5, 5.41) is 2.63. The highest BCUT2D eigenvalue weighted by molar-refractivity contribution is 7.97. The molecular formula is C16H14N2OS. The molecule has 0 atom stereocenters. The maximum Gasteiger partial charge on any atom is 0.251 e. The van der Waals surface area contributed by atoms with Crippen LogP contribution in [-0.2, 0) is 0 Å². The minimum atomic E-state index is -0.0664. The summed E-state index contributed by atoms with van der Waals surface area (Å²) in [5.74, 6) is -0.0664. The van der Waals surface area contributed by atoms with Crippen LogP contribution in [0.1, 0.15) is 21.5 Å². The van der Waals surface area contributed by atoms with Crippen molar-refractivity contribution >= 4 is 23.4 Å². The molecular weight excluding hydrogens is 268 g/mol. The summed E-state index contributed by atoms with van der Waals surface area (Å²) in [6.45, 7) is 0. The van der Waals surface area contributed by atoms with Crippen LogP contribution in [0.4, 0.5) is 0 Å². The van der Waals surface area contributed by atoms with Gasteiger partial charge in [0.1, 0.15) is 0 Å². The Bertz CT molecular complexity index is 677. The van der Waals surface area contributed by atoms with E-state index in [-0.39, 0.29) is 5.91 Å². The zero-order valence-electron chi connectivity index (χ0n) is 11.0. The van der Waals surface area contributed by atoms with Gasteiger partial charge in [0.15, 0.2) is 0 Å². The number of carbonyl (C=O) groups excluding carboxylic acids is 1. The molecule has 4 heteroatoms. The number of carbonyl (C=O) groups is 1. The molecule has 1 aliphatic rings. The quantitative estimate of drug-likeness (QED) is 0.832. The van der Waals surface area contributed by atoms with Crippen molar-refractivity contribution in [3.8, 4) is 0 Å². The second-order valence-electron chi connectivity index (χ2n) is 4.43. The monoisotopic (exact) mass is 282 g/mol. The molecule has 2 aromatic carbocycles. The lowest BCUT2D eigenvalue weighted by Crippen LogP contribution is -2.17. The lowest BCUT2D eigenvalue weighted by Gasteiger charge is -2.18. The Labute approximate surface area is 122 Å². The second-order valence-corrected chi connectivity index (χ2v) is 5.31. The largest absolute Gasteiger partial charge is 0.355 e. The van der Waals surface area contributed by atoms with Crippen molar-refractivity contribution in [1.29, 1.82) is 0 Å². The number of nitrogens with one attached hydrogen (secondary N) is 2. The first-order chi connectivity index (χ1) is 9.79. The molecule has 100 valence electrons. The third-order valence-corrected chi connectivity index (χ3v) is 4.05. The normalized spacial score (nSPS) is 12.9. The molecule has 3 nitrogen and oxygen atoms in total. The molecule has 2 aromatic rings. The van der Waals surface area contributed by atoms with Crippen LogP contribution in [0.15, 0.2) is 59.6 Å². The lowest BCUT2D eigenvalue weighted by molar-refractivity contribution is 0.0963. The Kier molecular flexibility index (Phi) is 3.48. The number of fused-ring (bicyclic) bond motifs is 1. The first kappa shape index (κ1) is 12.8. The maximum absolute atomic E-state index is 11.6. The smallest absolute Gasteiger partial charge is 0.251 e. The SMILES string of the molecule is CNC(=O)c1ccc(C2=CNSc3ccccc32)cc1. The summed E-state index contributed by atoms with van der Waals surface area (Å²) in [6.07, 6.45) is 2.00. The van der Waals surface area contributed by atoms with E-state index in [0.29, 0.717) is 5.56 Å². The van der Waals surface area contributed by atoms with Crippen molar-refractivity contribution in [3.63, 3.8) is 0 Å². The van der Waals surface area contributed by atoms with Crippen molar-refractivity contribution in [1.82, 2.24) is 10.0 Å². The minimum Gasteiger partial charge on any atom is -0.355 e. The molecule has 2 N–H and O–H groups in total. The van der Waals surface area contributed by atoms with Crippen LogP contribution in [0.3, 0.4) is 0 Å². The number of rotatable bonds is 2. The van der Waals surface area contributed by atoms with Gasteiger partial charge in [0.2, 0.25) is 0 Å². The van der Waals surface area contributed by atoms with Gasteiger partial charge in [-0.1, -0.05) is 30.3 Å². The van der Waals surface area contributed by atoms with E-state index in [0.717, 1.165) is 11.1 Å². The van der Waals surface area contributed by atoms with E-state index in [9.17, 15) is 4.79 Å². The molecule has 0 saturated carbocycles. The van der Waals surface area contributed by atoms with Crippen LogP contribution in [-0.4, -0.2) is 13.0 Å². The zero-order valence-corrected chi connectivity index (χ0v) is 11.8. The van der Waals surface area contributed by atoms with E-state index < -0.39 is 0 Å². The Hall–Kier alpha value is -2.20. The Balaban J connectivity index is 1.97. The highest BCUT2D eigenvalue weighted by Gasteiger charge is 2.14. The van der Waals surface area contributed by atoms with Gasteiger partial charge in [-0.25, -0.2) is 0 Å². The van der Waals surface area contributed by atoms with Crippen LogP contribution >= 0.6 is 11.9 Å². The predicted octanol–water partition coefficient (Wildman–Crippen LogP) is 3.05. The molecule has 0 fully saturated rings. The van der Waals surface area contributed by atoms with E-state index in [1.54, 1.807) is 19.0 Å². The van der Waals surface area contributed by atoms with Crippen LogP contribution in [0, 0.1) is 0 Å². The lowest BCUT2D eigenvalue weighted by atomic mass is 9.97. The summed E-state index contributed by atoms with van der Waals surface area (Å²) >= 11 is 1.61. The zero-order chi connectivity index (χ0) is 13.9. The van der Waals surface area contributed by atoms with Gasteiger partial charge < -0.3 is 10.0 Å². The average molecular weight is 282 g/mol. The van der Waals surface area contributed by atoms with E-state index in [4.69, 9.17) is 0 Å². The van der Waals surface area contributed by atoms with Gasteiger partial charge in [0, 0.05) is 29.3 Å². The molecule has 1 aliphatic heterocycles. The van der Waals surface area contributed by atoms with Gasteiger partial charge in [0.25, 0.3) is 5.91 Å². The highest BCUT2D eigenvalue weighted by atomic mass is 32.2. The predicted molar refractivity (Wildman–Crippen MR) is 82.3 cm³/mol. The highest BCUT2D eigenvalue weighted by Crippen LogP contribution is 2.34. The van der Waals surface area contributed by atoms with Gasteiger partial charge in [-0.15, -0.1) is 0 Å². The fourth-order valence-electron chi connectivity index (χ4n) is 2.19. The summed E-state index contributed by atoms with van der Waals surface area (Å²) in [7, 11) is 1.64. The van der Waals surface area contributed by atoms with Crippen LogP contribution in [0.2, 0.25) is 0 Å². The molecule has 20 heavy (non-hydrogen) atoms. The molecule has 3 rings (SSSR count). The second kappa shape index (κ2) is 5.43. The molecule has 0 spiro atoms. The summed E-state index contributed by atoms with van der Waals surface area (Å²) < 4.78 is 3.21. The summed E-state index contributed by atoms with van der Waals surface area (Å²) in [5.41, 5.74) is 4.12. The number of hydrogen-bond acceptors (Lipinski definition) is 3. The van der Waals surface area contributed by atoms with Crippen LogP contribution in [0.5, 0.6) is 0 Å². The fraction of sp³-hybridized carbons (Fsp3) is 0.0625. The van der Waals surface area contributed by atoms with Gasteiger partial charge in [-0.2, -0.15) is 0 Å². The molecule has 0 aromatic heterocycles. The molecule has 0 unspecified atom stereocenters. The first-order valence-corrected chi connectivity index (χ1v) is 7.15. The summed E-state index contributed by atoms with van der Waals surface area (Å²) in [6, 6.07) is 15.9. The number of benzene rings is 2. The van der Waals surface area contributed by atoms with Crippen molar-refractivity contribution < 1.29 is 4.79 Å². The topological polar surface area (TPSA) is 41.1 Å². The maximum atomic E-state index is 11.6.